The van der Waals surface area contributed by atoms with Crippen LogP contribution in [-0.4, -0.2) is 76.1 Å². The van der Waals surface area contributed by atoms with Gasteiger partial charge in [0.1, 0.15) is 19.4 Å². The number of nitrogens with two attached hydrogens (primary N) is 1. The summed E-state index contributed by atoms with van der Waals surface area (Å²) >= 11 is 1.03. The van der Waals surface area contributed by atoms with Gasteiger partial charge in [-0.3, -0.25) is 9.36 Å². The number of nitrogen functional groups attached to an aromatic ring is 1. The summed E-state index contributed by atoms with van der Waals surface area (Å²) in [5.41, 5.74) is 6.05. The van der Waals surface area contributed by atoms with E-state index in [1.807, 2.05) is 13.8 Å². The average molecular weight is 574 g/mol. The van der Waals surface area contributed by atoms with Crippen molar-refractivity contribution in [1.82, 2.24) is 24.8 Å². The molecule has 2 aromatic rings. The minimum absolute atomic E-state index is 0.0565. The molecule has 210 valence electrons. The summed E-state index contributed by atoms with van der Waals surface area (Å²) in [5.74, 6) is 0.760. The van der Waals surface area contributed by atoms with E-state index < -0.39 is 19.8 Å². The average Bonchev–Trinajstić information content (AvgIpc) is 3.46. The van der Waals surface area contributed by atoms with E-state index in [1.54, 1.807) is 24.7 Å². The molecule has 1 aliphatic rings. The number of fused-ring (bicyclic) bond motifs is 1. The van der Waals surface area contributed by atoms with E-state index >= 15 is 0 Å². The molecule has 0 aliphatic carbocycles. The van der Waals surface area contributed by atoms with Crippen LogP contribution in [0.25, 0.3) is 11.2 Å². The van der Waals surface area contributed by atoms with Crippen LogP contribution in [0.5, 0.6) is 5.88 Å². The number of anilines is 1. The minimum Gasteiger partial charge on any atom is -0.476 e. The van der Waals surface area contributed by atoms with Gasteiger partial charge in [0.05, 0.1) is 31.6 Å². The molecule has 0 aromatic carbocycles. The first-order valence-corrected chi connectivity index (χ1v) is 14.1. The van der Waals surface area contributed by atoms with Crippen molar-refractivity contribution < 1.29 is 37.4 Å². The van der Waals surface area contributed by atoms with Gasteiger partial charge in [0.2, 0.25) is 11.8 Å². The molecule has 3 rings (SSSR count). The van der Waals surface area contributed by atoms with Crippen LogP contribution in [0.4, 0.5) is 10.7 Å². The van der Waals surface area contributed by atoms with Gasteiger partial charge in [-0.2, -0.15) is 9.97 Å². The van der Waals surface area contributed by atoms with Gasteiger partial charge in [0.25, 0.3) is 0 Å². The lowest BCUT2D eigenvalue weighted by Crippen LogP contribution is -2.38. The number of nitrogens with one attached hydrogen (secondary N) is 1. The molecule has 14 nitrogen and oxygen atoms in total. The van der Waals surface area contributed by atoms with Crippen molar-refractivity contribution in [3.8, 4) is 5.88 Å². The maximum atomic E-state index is 12.4. The topological polar surface area (TPSA) is 179 Å². The molecule has 0 radical (unpaired) electrons. The lowest BCUT2D eigenvalue weighted by atomic mass is 9.96. The Morgan fingerprint density at radius 2 is 2.11 bits per heavy atom. The summed E-state index contributed by atoms with van der Waals surface area (Å²) in [6, 6.07) is 0. The largest absolute Gasteiger partial charge is 0.697 e. The van der Waals surface area contributed by atoms with Crippen LogP contribution >= 0.6 is 20.0 Å². The van der Waals surface area contributed by atoms with Crippen molar-refractivity contribution in [2.45, 2.75) is 46.4 Å². The number of alkyl carbamates (subject to hydrolysis) is 1. The van der Waals surface area contributed by atoms with E-state index in [-0.39, 0.29) is 54.8 Å². The van der Waals surface area contributed by atoms with Crippen LogP contribution in [0.2, 0.25) is 0 Å². The van der Waals surface area contributed by atoms with Crippen LogP contribution in [0.15, 0.2) is 6.33 Å². The molecule has 2 aromatic heterocycles. The molecule has 0 spiro atoms. The summed E-state index contributed by atoms with van der Waals surface area (Å²) in [6.07, 6.45) is 0.968. The summed E-state index contributed by atoms with van der Waals surface area (Å²) in [6.45, 7) is 7.97. The monoisotopic (exact) mass is 573 g/mol. The summed E-state index contributed by atoms with van der Waals surface area (Å²) in [5, 5.41) is 2.37. The van der Waals surface area contributed by atoms with Crippen LogP contribution < -0.4 is 15.8 Å². The van der Waals surface area contributed by atoms with Gasteiger partial charge in [-0.15, -0.1) is 9.05 Å². The Morgan fingerprint density at radius 3 is 2.82 bits per heavy atom. The van der Waals surface area contributed by atoms with E-state index in [0.29, 0.717) is 30.1 Å². The maximum absolute atomic E-state index is 12.4. The number of hydrogen-bond donors (Lipinski definition) is 2. The van der Waals surface area contributed by atoms with E-state index in [4.69, 9.17) is 24.3 Å². The standard InChI is InChI=1S/C22H33N6O8PS/c1-6-33-17-15-16(26-20(23)27-17)28(12-25-15)18-13(2)9-14(36-18)10-35-37(31)34-7-8-38-19(29)22(3,4)11-24-21(30)32-5/h12-14,18H,6-11H2,1-5H3,(H2-,23,24,26,27,30)/p+1. The Kier molecular flexibility index (Phi) is 10.6. The predicted octanol–water partition coefficient (Wildman–Crippen LogP) is 3.06. The Hall–Kier alpha value is -2.58. The van der Waals surface area contributed by atoms with Crippen molar-refractivity contribution in [2.24, 2.45) is 11.3 Å². The first-order valence-electron chi connectivity index (χ1n) is 12.1. The Bertz CT molecular complexity index is 1150. The number of methoxy groups -OCH3 is 1. The third-order valence-electron chi connectivity index (χ3n) is 5.71. The summed E-state index contributed by atoms with van der Waals surface area (Å²) in [7, 11) is -1.14. The highest BCUT2D eigenvalue weighted by molar-refractivity contribution is 8.13. The zero-order valence-electron chi connectivity index (χ0n) is 22.0. The molecule has 16 heteroatoms. The number of carbonyl (C=O) groups excluding carboxylic acids is 2. The SMILES string of the molecule is CCOc1nc(N)nc2c1ncn2C1OC(CO[P+](=O)OCCSC(=O)C(C)(C)CNC(=O)OC)CC1C. The molecule has 1 aliphatic heterocycles. The molecule has 1 saturated heterocycles. The maximum Gasteiger partial charge on any atom is 0.697 e. The minimum atomic E-state index is -2.39. The molecule has 1 fully saturated rings. The number of carbonyl (C=O) groups is 2. The third kappa shape index (κ3) is 7.73. The molecular formula is C22H34N6O8PS+. The highest BCUT2D eigenvalue weighted by Crippen LogP contribution is 2.38. The molecule has 1 amide bonds. The first-order chi connectivity index (χ1) is 18.1. The highest BCUT2D eigenvalue weighted by atomic mass is 32.2. The second-order valence-corrected chi connectivity index (χ2v) is 11.3. The van der Waals surface area contributed by atoms with Gasteiger partial charge in [-0.05, 0) is 13.3 Å². The van der Waals surface area contributed by atoms with Gasteiger partial charge in [-0.1, -0.05) is 32.5 Å². The second kappa shape index (κ2) is 13.5. The van der Waals surface area contributed by atoms with Crippen LogP contribution in [0.1, 0.15) is 40.3 Å². The predicted molar refractivity (Wildman–Crippen MR) is 140 cm³/mol. The van der Waals surface area contributed by atoms with Gasteiger partial charge >= 0.3 is 14.3 Å². The second-order valence-electron chi connectivity index (χ2n) is 9.22. The van der Waals surface area contributed by atoms with Crippen LogP contribution in [-0.2, 0) is 27.9 Å². The number of hydrogen-bond acceptors (Lipinski definition) is 13. The lowest BCUT2D eigenvalue weighted by Gasteiger charge is -2.22. The number of amides is 1. The zero-order chi connectivity index (χ0) is 27.9. The van der Waals surface area contributed by atoms with E-state index in [9.17, 15) is 14.2 Å². The number of aromatic nitrogens is 4. The lowest BCUT2D eigenvalue weighted by molar-refractivity contribution is -0.117. The molecule has 4 unspecified atom stereocenters. The molecule has 38 heavy (non-hydrogen) atoms. The highest BCUT2D eigenvalue weighted by Gasteiger charge is 2.37. The van der Waals surface area contributed by atoms with Gasteiger partial charge < -0.3 is 25.3 Å². The molecular weight excluding hydrogens is 539 g/mol. The molecule has 0 bridgehead atoms. The van der Waals surface area contributed by atoms with Crippen molar-refractivity contribution in [3.05, 3.63) is 6.33 Å². The Morgan fingerprint density at radius 1 is 1.34 bits per heavy atom. The van der Waals surface area contributed by atoms with E-state index in [1.165, 1.54) is 7.11 Å². The normalized spacial score (nSPS) is 19.9. The van der Waals surface area contributed by atoms with Gasteiger partial charge in [0, 0.05) is 22.8 Å². The number of nitrogens with zero attached hydrogens (tertiary/aromatic N) is 4. The Balaban J connectivity index is 1.43. The molecule has 0 saturated carbocycles. The smallest absolute Gasteiger partial charge is 0.476 e. The molecule has 4 atom stereocenters. The van der Waals surface area contributed by atoms with E-state index in [0.717, 1.165) is 11.8 Å². The zero-order valence-corrected chi connectivity index (χ0v) is 23.8. The Labute approximate surface area is 225 Å². The first kappa shape index (κ1) is 30.0. The summed E-state index contributed by atoms with van der Waals surface area (Å²) < 4.78 is 40.7. The van der Waals surface area contributed by atoms with Gasteiger partial charge in [0.15, 0.2) is 16.3 Å². The molecule has 3 heterocycles. The fraction of sp³-hybridized carbons (Fsp3) is 0.682. The summed E-state index contributed by atoms with van der Waals surface area (Å²) in [4.78, 5) is 36.4. The number of thioether (sulfide) groups is 1. The number of ether oxygens (including phenoxy) is 3. The molecule has 3 N–H and O–H groups in total. The fourth-order valence-electron chi connectivity index (χ4n) is 3.76. The third-order valence-corrected chi connectivity index (χ3v) is 7.65. The van der Waals surface area contributed by atoms with Gasteiger partial charge in [-0.25, -0.2) is 9.78 Å². The van der Waals surface area contributed by atoms with E-state index in [2.05, 4.69) is 25.0 Å². The number of rotatable bonds is 13. The fourth-order valence-corrected chi connectivity index (χ4v) is 5.30. The van der Waals surface area contributed by atoms with Crippen LogP contribution in [0, 0.1) is 11.3 Å². The van der Waals surface area contributed by atoms with Crippen LogP contribution in [0.3, 0.4) is 0 Å². The van der Waals surface area contributed by atoms with Crippen molar-refractivity contribution >= 4 is 48.3 Å². The number of imidazole rings is 1. The quantitative estimate of drug-likeness (QED) is 0.264. The van der Waals surface area contributed by atoms with Crippen molar-refractivity contribution in [3.63, 3.8) is 0 Å². The van der Waals surface area contributed by atoms with Crippen molar-refractivity contribution in [1.29, 1.82) is 0 Å². The van der Waals surface area contributed by atoms with Crippen molar-refractivity contribution in [2.75, 3.05) is 45.0 Å².